The monoisotopic (exact) mass is 269 g/mol. The standard InChI is InChI=1S/C11H19N5OS/c1-9-13-14-11(16(9)7-4-12)18-8-10(17)15-5-2-3-6-15/h2-8,12H2,1H3. The minimum Gasteiger partial charge on any atom is -0.342 e. The zero-order chi connectivity index (χ0) is 13.0. The van der Waals surface area contributed by atoms with E-state index in [1.165, 1.54) is 11.8 Å². The first-order valence-electron chi connectivity index (χ1n) is 6.23. The number of aromatic nitrogens is 3. The van der Waals surface area contributed by atoms with E-state index >= 15 is 0 Å². The fourth-order valence-electron chi connectivity index (χ4n) is 2.04. The first kappa shape index (κ1) is 13.4. The molecule has 0 saturated carbocycles. The molecular weight excluding hydrogens is 250 g/mol. The predicted octanol–water partition coefficient (Wildman–Crippen LogP) is 0.260. The van der Waals surface area contributed by atoms with E-state index in [1.54, 1.807) is 0 Å². The second-order valence-electron chi connectivity index (χ2n) is 4.35. The highest BCUT2D eigenvalue weighted by molar-refractivity contribution is 7.99. The molecule has 0 atom stereocenters. The van der Waals surface area contributed by atoms with Gasteiger partial charge in [0.25, 0.3) is 0 Å². The molecule has 6 nitrogen and oxygen atoms in total. The average Bonchev–Trinajstić information content (AvgIpc) is 2.99. The van der Waals surface area contributed by atoms with Gasteiger partial charge in [-0.05, 0) is 19.8 Å². The highest BCUT2D eigenvalue weighted by Crippen LogP contribution is 2.18. The Balaban J connectivity index is 1.91. The zero-order valence-electron chi connectivity index (χ0n) is 10.6. The van der Waals surface area contributed by atoms with Gasteiger partial charge in [-0.1, -0.05) is 11.8 Å². The third-order valence-corrected chi connectivity index (χ3v) is 3.99. The summed E-state index contributed by atoms with van der Waals surface area (Å²) in [5.74, 6) is 1.47. The van der Waals surface area contributed by atoms with E-state index in [9.17, 15) is 4.79 Å². The Kier molecular flexibility index (Phi) is 4.60. The predicted molar refractivity (Wildman–Crippen MR) is 70.4 cm³/mol. The van der Waals surface area contributed by atoms with Gasteiger partial charge in [-0.3, -0.25) is 4.79 Å². The van der Waals surface area contributed by atoms with Crippen molar-refractivity contribution in [3.05, 3.63) is 5.82 Å². The summed E-state index contributed by atoms with van der Waals surface area (Å²) in [4.78, 5) is 13.8. The molecule has 1 aliphatic rings. The van der Waals surface area contributed by atoms with E-state index in [1.807, 2.05) is 16.4 Å². The van der Waals surface area contributed by atoms with Crippen LogP contribution in [0.5, 0.6) is 0 Å². The first-order chi connectivity index (χ1) is 8.72. The molecule has 1 fully saturated rings. The molecule has 0 aliphatic carbocycles. The van der Waals surface area contributed by atoms with Crippen LogP contribution < -0.4 is 5.73 Å². The number of hydrogen-bond donors (Lipinski definition) is 1. The Morgan fingerprint density at radius 3 is 2.78 bits per heavy atom. The molecule has 1 aromatic rings. The van der Waals surface area contributed by atoms with E-state index in [0.29, 0.717) is 18.8 Å². The fraction of sp³-hybridized carbons (Fsp3) is 0.727. The largest absolute Gasteiger partial charge is 0.342 e. The molecule has 1 saturated heterocycles. The Labute approximate surface area is 111 Å². The summed E-state index contributed by atoms with van der Waals surface area (Å²) in [6, 6.07) is 0. The summed E-state index contributed by atoms with van der Waals surface area (Å²) < 4.78 is 1.96. The van der Waals surface area contributed by atoms with Gasteiger partial charge >= 0.3 is 0 Å². The maximum Gasteiger partial charge on any atom is 0.233 e. The van der Waals surface area contributed by atoms with Crippen molar-refractivity contribution >= 4 is 17.7 Å². The third-order valence-electron chi connectivity index (χ3n) is 3.04. The summed E-state index contributed by atoms with van der Waals surface area (Å²) in [6.45, 7) is 4.93. The van der Waals surface area contributed by atoms with Crippen molar-refractivity contribution in [3.63, 3.8) is 0 Å². The number of nitrogens with two attached hydrogens (primary N) is 1. The lowest BCUT2D eigenvalue weighted by Gasteiger charge is -2.14. The molecule has 2 rings (SSSR count). The van der Waals surface area contributed by atoms with Gasteiger partial charge in [0.2, 0.25) is 5.91 Å². The molecule has 18 heavy (non-hydrogen) atoms. The second-order valence-corrected chi connectivity index (χ2v) is 5.29. The van der Waals surface area contributed by atoms with Gasteiger partial charge in [0.15, 0.2) is 5.16 Å². The van der Waals surface area contributed by atoms with Gasteiger partial charge in [0.05, 0.1) is 5.75 Å². The second kappa shape index (κ2) is 6.19. The van der Waals surface area contributed by atoms with E-state index in [4.69, 9.17) is 5.73 Å². The average molecular weight is 269 g/mol. The third kappa shape index (κ3) is 3.02. The molecule has 0 spiro atoms. The number of carbonyl (C=O) groups is 1. The van der Waals surface area contributed by atoms with Crippen LogP contribution in [-0.2, 0) is 11.3 Å². The molecular formula is C11H19N5OS. The number of rotatable bonds is 5. The fourth-order valence-corrected chi connectivity index (χ4v) is 2.95. The number of hydrogen-bond acceptors (Lipinski definition) is 5. The van der Waals surface area contributed by atoms with Crippen LogP contribution in [0.4, 0.5) is 0 Å². The van der Waals surface area contributed by atoms with Crippen molar-refractivity contribution in [2.45, 2.75) is 31.5 Å². The van der Waals surface area contributed by atoms with Crippen LogP contribution in [0.25, 0.3) is 0 Å². The van der Waals surface area contributed by atoms with Crippen LogP contribution in [0.2, 0.25) is 0 Å². The number of likely N-dealkylation sites (tertiary alicyclic amines) is 1. The minimum atomic E-state index is 0.192. The Bertz CT molecular complexity index is 414. The van der Waals surface area contributed by atoms with Gasteiger partial charge in [-0.15, -0.1) is 10.2 Å². The molecule has 0 aromatic carbocycles. The van der Waals surface area contributed by atoms with Crippen LogP contribution >= 0.6 is 11.8 Å². The number of nitrogens with zero attached hydrogens (tertiary/aromatic N) is 4. The number of amides is 1. The van der Waals surface area contributed by atoms with Crippen LogP contribution in [0.15, 0.2) is 5.16 Å². The SMILES string of the molecule is Cc1nnc(SCC(=O)N2CCCC2)n1CCN. The molecule has 2 N–H and O–H groups in total. The molecule has 0 bridgehead atoms. The molecule has 2 heterocycles. The van der Waals surface area contributed by atoms with Gasteiger partial charge in [-0.2, -0.15) is 0 Å². The molecule has 0 unspecified atom stereocenters. The number of thioether (sulfide) groups is 1. The molecule has 7 heteroatoms. The lowest BCUT2D eigenvalue weighted by molar-refractivity contribution is -0.127. The smallest absolute Gasteiger partial charge is 0.233 e. The van der Waals surface area contributed by atoms with Crippen LogP contribution in [0, 0.1) is 6.92 Å². The maximum absolute atomic E-state index is 11.9. The van der Waals surface area contributed by atoms with Crippen molar-refractivity contribution in [1.29, 1.82) is 0 Å². The number of carbonyl (C=O) groups excluding carboxylic acids is 1. The quantitative estimate of drug-likeness (QED) is 0.776. The van der Waals surface area contributed by atoms with Crippen molar-refractivity contribution in [1.82, 2.24) is 19.7 Å². The van der Waals surface area contributed by atoms with E-state index in [0.717, 1.165) is 36.9 Å². The van der Waals surface area contributed by atoms with Gasteiger partial charge in [0.1, 0.15) is 5.82 Å². The molecule has 1 amide bonds. The van der Waals surface area contributed by atoms with E-state index in [2.05, 4.69) is 10.2 Å². The highest BCUT2D eigenvalue weighted by Gasteiger charge is 2.19. The topological polar surface area (TPSA) is 77.0 Å². The summed E-state index contributed by atoms with van der Waals surface area (Å²) in [5, 5.41) is 8.89. The van der Waals surface area contributed by atoms with E-state index in [-0.39, 0.29) is 5.91 Å². The highest BCUT2D eigenvalue weighted by atomic mass is 32.2. The molecule has 1 aromatic heterocycles. The summed E-state index contributed by atoms with van der Waals surface area (Å²) in [7, 11) is 0. The van der Waals surface area contributed by atoms with Crippen molar-refractivity contribution in [2.24, 2.45) is 5.73 Å². The molecule has 0 radical (unpaired) electrons. The van der Waals surface area contributed by atoms with E-state index < -0.39 is 0 Å². The lowest BCUT2D eigenvalue weighted by atomic mass is 10.4. The normalized spacial score (nSPS) is 15.3. The molecule has 100 valence electrons. The minimum absolute atomic E-state index is 0.192. The van der Waals surface area contributed by atoms with Gasteiger partial charge in [0, 0.05) is 26.2 Å². The lowest BCUT2D eigenvalue weighted by Crippen LogP contribution is -2.29. The Hall–Kier alpha value is -1.08. The summed E-state index contributed by atoms with van der Waals surface area (Å²) in [5.41, 5.74) is 5.55. The van der Waals surface area contributed by atoms with Crippen LogP contribution in [0.1, 0.15) is 18.7 Å². The summed E-state index contributed by atoms with van der Waals surface area (Å²) >= 11 is 1.45. The van der Waals surface area contributed by atoms with Crippen LogP contribution in [0.3, 0.4) is 0 Å². The van der Waals surface area contributed by atoms with Gasteiger partial charge < -0.3 is 15.2 Å². The van der Waals surface area contributed by atoms with Gasteiger partial charge in [-0.25, -0.2) is 0 Å². The van der Waals surface area contributed by atoms with Crippen molar-refractivity contribution < 1.29 is 4.79 Å². The zero-order valence-corrected chi connectivity index (χ0v) is 11.4. The van der Waals surface area contributed by atoms with Crippen molar-refractivity contribution in [2.75, 3.05) is 25.4 Å². The first-order valence-corrected chi connectivity index (χ1v) is 7.21. The summed E-state index contributed by atoms with van der Waals surface area (Å²) in [6.07, 6.45) is 2.25. The van der Waals surface area contributed by atoms with Crippen LogP contribution in [-0.4, -0.2) is 51.0 Å². The number of aryl methyl sites for hydroxylation is 1. The maximum atomic E-state index is 11.9. The Morgan fingerprint density at radius 1 is 1.39 bits per heavy atom. The Morgan fingerprint density at radius 2 is 2.11 bits per heavy atom. The molecule has 1 aliphatic heterocycles. The van der Waals surface area contributed by atoms with Crippen molar-refractivity contribution in [3.8, 4) is 0 Å².